The highest BCUT2D eigenvalue weighted by molar-refractivity contribution is 9.11. The zero-order valence-electron chi connectivity index (χ0n) is 41.1. The fraction of sp³-hybridized carbons (Fsp3) is 0.160. The topological polar surface area (TPSA) is 189 Å². The van der Waals surface area contributed by atoms with Crippen LogP contribution in [0.1, 0.15) is 11.1 Å². The molecule has 0 unspecified atom stereocenters. The zero-order chi connectivity index (χ0) is 54.8. The number of nitrogens with zero attached hydrogens (tertiary/aromatic N) is 2. The van der Waals surface area contributed by atoms with Gasteiger partial charge in [-0.15, -0.1) is 34.0 Å². The van der Waals surface area contributed by atoms with Crippen molar-refractivity contribution in [3.05, 3.63) is 176 Å². The number of hydrogen-bond acceptors (Lipinski definition) is 15. The minimum atomic E-state index is -3.62. The molecule has 14 nitrogen and oxygen atoms in total. The normalized spacial score (nSPS) is 10.8. The van der Waals surface area contributed by atoms with Crippen molar-refractivity contribution in [1.82, 2.24) is 0 Å². The monoisotopic (exact) mass is 1270 g/mol. The molecule has 0 saturated heterocycles. The zero-order valence-corrected chi connectivity index (χ0v) is 50.0. The minimum absolute atomic E-state index is 0.168. The van der Waals surface area contributed by atoms with E-state index in [0.717, 1.165) is 51.9 Å². The number of sulfonamides is 2. The molecule has 3 aromatic heterocycles. The van der Waals surface area contributed by atoms with Crippen molar-refractivity contribution in [2.45, 2.75) is 26.5 Å². The maximum Gasteiger partial charge on any atom is 0.488 e. The molecular weight excluding hydrogens is 1220 g/mol. The highest BCUT2D eigenvalue weighted by Crippen LogP contribution is 2.35. The van der Waals surface area contributed by atoms with Crippen LogP contribution in [0.15, 0.2) is 178 Å². The lowest BCUT2D eigenvalue weighted by molar-refractivity contribution is 0.415. The molecule has 0 aliphatic carbocycles. The van der Waals surface area contributed by atoms with E-state index in [1.165, 1.54) is 44.4 Å². The fourth-order valence-corrected chi connectivity index (χ4v) is 14.9. The van der Waals surface area contributed by atoms with Crippen molar-refractivity contribution in [1.29, 1.82) is 0 Å². The quantitative estimate of drug-likeness (QED) is 0.0733. The van der Waals surface area contributed by atoms with Crippen LogP contribution in [-0.2, 0) is 29.1 Å². The predicted molar refractivity (Wildman–Crippen MR) is 312 cm³/mol. The summed E-state index contributed by atoms with van der Waals surface area (Å²) >= 11 is 9.94. The van der Waals surface area contributed by atoms with Gasteiger partial charge in [0.15, 0.2) is 0 Å². The Kier molecular flexibility index (Phi) is 24.0. The molecule has 3 heterocycles. The Labute approximate surface area is 467 Å². The summed E-state index contributed by atoms with van der Waals surface area (Å²) in [6.45, 7) is 3.93. The smallest absolute Gasteiger partial charge is 0.488 e. The van der Waals surface area contributed by atoms with Gasteiger partial charge in [-0.1, -0.05) is 77.9 Å². The Morgan fingerprint density at radius 1 is 0.541 bits per heavy atom. The molecule has 0 aliphatic rings. The lowest BCUT2D eigenvalue weighted by atomic mass is 9.80. The van der Waals surface area contributed by atoms with E-state index in [2.05, 4.69) is 37.2 Å². The molecule has 394 valence electrons. The van der Waals surface area contributed by atoms with E-state index in [4.69, 9.17) is 34.9 Å². The number of nitrogens with one attached hydrogen (secondary N) is 1. The van der Waals surface area contributed by atoms with E-state index in [1.54, 1.807) is 119 Å². The molecular formula is C50H53BBr2ClN3O11S6. The third kappa shape index (κ3) is 18.4. The first-order valence-corrected chi connectivity index (χ1v) is 30.8. The highest BCUT2D eigenvalue weighted by atomic mass is 79.9. The lowest BCUT2D eigenvalue weighted by Gasteiger charge is -2.19. The van der Waals surface area contributed by atoms with Crippen molar-refractivity contribution in [2.75, 3.05) is 56.4 Å². The van der Waals surface area contributed by atoms with Crippen LogP contribution >= 0.6 is 76.6 Å². The number of thiophene rings is 3. The fourth-order valence-electron chi connectivity index (χ4n) is 6.05. The number of halogens is 3. The Hall–Kier alpha value is -4.92. The third-order valence-electron chi connectivity index (χ3n) is 9.98. The number of rotatable bonds is 13. The highest BCUT2D eigenvalue weighted by Gasteiger charge is 2.25. The van der Waals surface area contributed by atoms with Crippen molar-refractivity contribution in [3.63, 3.8) is 0 Å². The van der Waals surface area contributed by atoms with Crippen molar-refractivity contribution in [3.8, 4) is 27.7 Å². The number of benzene rings is 5. The largest absolute Gasteiger partial charge is 0.497 e. The number of aryl methyl sites for hydroxylation is 2. The molecule has 0 amide bonds. The summed E-state index contributed by atoms with van der Waals surface area (Å²) in [6.07, 6.45) is 0. The van der Waals surface area contributed by atoms with Crippen LogP contribution in [0.3, 0.4) is 0 Å². The van der Waals surface area contributed by atoms with Gasteiger partial charge >= 0.3 is 7.12 Å². The van der Waals surface area contributed by atoms with Crippen molar-refractivity contribution >= 4 is 135 Å². The average molecular weight is 1270 g/mol. The molecule has 0 fully saturated rings. The van der Waals surface area contributed by atoms with Gasteiger partial charge in [-0.2, -0.15) is 0 Å². The molecule has 0 saturated carbocycles. The van der Waals surface area contributed by atoms with Crippen LogP contribution in [0.5, 0.6) is 17.2 Å². The van der Waals surface area contributed by atoms with Gasteiger partial charge in [0.25, 0.3) is 29.1 Å². The number of methoxy groups -OCH3 is 3. The molecule has 0 bridgehead atoms. The van der Waals surface area contributed by atoms with E-state index >= 15 is 0 Å². The summed E-state index contributed by atoms with van der Waals surface area (Å²) < 4.78 is 92.1. The van der Waals surface area contributed by atoms with E-state index in [9.17, 15) is 25.3 Å². The molecule has 0 spiro atoms. The van der Waals surface area contributed by atoms with Gasteiger partial charge in [0.2, 0.25) is 0 Å². The number of ether oxygens (including phenoxy) is 3. The van der Waals surface area contributed by atoms with Crippen LogP contribution in [0, 0.1) is 13.8 Å². The molecule has 0 atom stereocenters. The van der Waals surface area contributed by atoms with Crippen molar-refractivity contribution in [2.24, 2.45) is 0 Å². The first-order valence-electron chi connectivity index (χ1n) is 21.6. The third-order valence-corrected chi connectivity index (χ3v) is 21.0. The van der Waals surface area contributed by atoms with Gasteiger partial charge in [-0.25, -0.2) is 25.3 Å². The van der Waals surface area contributed by atoms with Crippen LogP contribution in [0.4, 0.5) is 17.1 Å². The Morgan fingerprint density at radius 3 is 1.38 bits per heavy atom. The Morgan fingerprint density at radius 2 is 0.973 bits per heavy atom. The van der Waals surface area contributed by atoms with Crippen molar-refractivity contribution < 1.29 is 49.5 Å². The minimum Gasteiger partial charge on any atom is -0.497 e. The molecule has 24 heteroatoms. The summed E-state index contributed by atoms with van der Waals surface area (Å²) in [5.41, 5.74) is 5.93. The van der Waals surface area contributed by atoms with E-state index in [0.29, 0.717) is 36.8 Å². The summed E-state index contributed by atoms with van der Waals surface area (Å²) in [6, 6.07) is 46.8. The summed E-state index contributed by atoms with van der Waals surface area (Å²) in [5.74, 6) is 2.12. The lowest BCUT2D eigenvalue weighted by Crippen LogP contribution is -2.29. The average Bonchev–Trinajstić information content (AvgIpc) is 4.19. The van der Waals surface area contributed by atoms with Crippen LogP contribution in [0.2, 0.25) is 0 Å². The Bertz CT molecular complexity index is 3400. The van der Waals surface area contributed by atoms with E-state index < -0.39 is 36.2 Å². The van der Waals surface area contributed by atoms with Gasteiger partial charge < -0.3 is 29.6 Å². The first-order chi connectivity index (χ1) is 34.9. The van der Waals surface area contributed by atoms with E-state index in [-0.39, 0.29) is 4.21 Å². The SMILES string of the molecule is CNc1cccc(OC)c1.COc1cccc(N(C)S(=O)(=O)c2ccc(-c3cccc(C)c3)s2)c1.COc1cccc(N(C)S(=O)(=O)c2ccc(Br)s2)c1.Cc1cccc(B(O)O)c1.O=S(=O)(Cl)c1ccc(Br)s1. The van der Waals surface area contributed by atoms with Gasteiger partial charge in [-0.05, 0) is 130 Å². The summed E-state index contributed by atoms with van der Waals surface area (Å²) in [5, 5.41) is 20.4. The summed E-state index contributed by atoms with van der Waals surface area (Å²) in [4.78, 5) is 0.932. The molecule has 0 radical (unpaired) electrons. The maximum absolute atomic E-state index is 12.9. The molecule has 0 aliphatic heterocycles. The Balaban J connectivity index is 0.000000213. The van der Waals surface area contributed by atoms with Gasteiger partial charge in [0.1, 0.15) is 29.9 Å². The van der Waals surface area contributed by atoms with Gasteiger partial charge in [0.05, 0.1) is 40.3 Å². The second kappa shape index (κ2) is 28.8. The van der Waals surface area contributed by atoms with Crippen LogP contribution in [-0.4, -0.2) is 84.9 Å². The first kappa shape index (κ1) is 61.6. The van der Waals surface area contributed by atoms with Crippen LogP contribution < -0.4 is 33.6 Å². The maximum atomic E-state index is 12.9. The molecule has 8 rings (SSSR count). The molecule has 74 heavy (non-hydrogen) atoms. The molecule has 5 aromatic carbocycles. The molecule has 3 N–H and O–H groups in total. The number of anilines is 3. The predicted octanol–water partition coefficient (Wildman–Crippen LogP) is 11.8. The van der Waals surface area contributed by atoms with E-state index in [1.807, 2.05) is 81.6 Å². The van der Waals surface area contributed by atoms with Gasteiger partial charge in [-0.3, -0.25) is 8.61 Å². The van der Waals surface area contributed by atoms with Gasteiger partial charge in [0, 0.05) is 60.6 Å². The standard InChI is InChI=1S/C19H19NO3S2.C12H12BrNO3S2.C8H11NO.C7H9BO2.C4H2BrClO2S2/c1-14-6-4-7-15(12-14)18-10-11-19(24-18)25(21,22)20(2)16-8-5-9-17(13-16)23-3;1-14(9-4-3-5-10(8-9)17-2)19(15,16)12-7-6-11(13)18-12;1-9-7-4-3-5-8(6-7)10-2;1-6-3-2-4-7(5-6)8(9)10;5-3-1-2-4(9-3)10(6,7)8/h4-13H,1-3H3;3-8H,1-2H3;3-6,9H,1-2H3;2-5,9-10H,1H3;1-2H. The second-order valence-corrected chi connectivity index (χ2v) is 28.4. The number of hydrogen-bond donors (Lipinski definition) is 3. The summed E-state index contributed by atoms with van der Waals surface area (Å²) in [7, 11) is 2.74. The second-order valence-electron chi connectivity index (χ2n) is 15.2. The van der Waals surface area contributed by atoms with Crippen LogP contribution in [0.25, 0.3) is 10.4 Å². The molecule has 8 aromatic rings.